The molecule has 2 aliphatic rings. The van der Waals surface area contributed by atoms with Crippen LogP contribution in [0.25, 0.3) is 6.08 Å². The number of amides is 1. The highest BCUT2D eigenvalue weighted by atomic mass is 19.1. The molecule has 2 heterocycles. The number of hydrogen-bond acceptors (Lipinski definition) is 4. The molecule has 0 aromatic heterocycles. The summed E-state index contributed by atoms with van der Waals surface area (Å²) in [6, 6.07) is 11.3. The first-order valence-electron chi connectivity index (χ1n) is 13.1. The number of nitrogens with zero attached hydrogens (tertiary/aromatic N) is 3. The Morgan fingerprint density at radius 2 is 1.83 bits per heavy atom. The fraction of sp³-hybridized carbons (Fsp3) is 0.467. The third-order valence-electron chi connectivity index (χ3n) is 7.56. The van der Waals surface area contributed by atoms with Crippen LogP contribution in [-0.2, 0) is 11.2 Å². The van der Waals surface area contributed by atoms with Gasteiger partial charge in [-0.1, -0.05) is 42.4 Å². The van der Waals surface area contributed by atoms with Gasteiger partial charge < -0.3 is 15.0 Å². The lowest BCUT2D eigenvalue weighted by atomic mass is 9.84. The highest BCUT2D eigenvalue weighted by Gasteiger charge is 2.34. The molecule has 0 bridgehead atoms. The molecule has 0 saturated carbocycles. The van der Waals surface area contributed by atoms with Crippen molar-refractivity contribution in [1.29, 1.82) is 0 Å². The maximum atomic E-state index is 14.3. The quantitative estimate of drug-likeness (QED) is 0.382. The van der Waals surface area contributed by atoms with Gasteiger partial charge >= 0.3 is 0 Å². The van der Waals surface area contributed by atoms with Gasteiger partial charge in [0, 0.05) is 50.6 Å². The fourth-order valence-electron chi connectivity index (χ4n) is 5.74. The first kappa shape index (κ1) is 26.1. The Morgan fingerprint density at radius 1 is 1.14 bits per heavy atom. The smallest absolute Gasteiger partial charge is 0.229 e. The lowest BCUT2D eigenvalue weighted by Gasteiger charge is -2.38. The molecule has 4 rings (SSSR count). The number of anilines is 1. The Kier molecular flexibility index (Phi) is 8.57. The van der Waals surface area contributed by atoms with Gasteiger partial charge in [-0.05, 0) is 79.5 Å². The summed E-state index contributed by atoms with van der Waals surface area (Å²) in [6.07, 6.45) is 8.45. The zero-order valence-electron chi connectivity index (χ0n) is 21.7. The number of benzene rings is 2. The second kappa shape index (κ2) is 11.8. The van der Waals surface area contributed by atoms with Gasteiger partial charge in [0.25, 0.3) is 0 Å². The monoisotopic (exact) mass is 491 g/mol. The van der Waals surface area contributed by atoms with Crippen molar-refractivity contribution in [3.63, 3.8) is 0 Å². The van der Waals surface area contributed by atoms with Crippen LogP contribution in [0.4, 0.5) is 10.1 Å². The number of hydrogen-bond donors (Lipinski definition) is 1. The van der Waals surface area contributed by atoms with Crippen molar-refractivity contribution in [1.82, 2.24) is 4.90 Å². The minimum absolute atomic E-state index is 0.0802. The number of aryl methyl sites for hydroxylation is 2. The molecule has 36 heavy (non-hydrogen) atoms. The van der Waals surface area contributed by atoms with Crippen molar-refractivity contribution in [2.24, 2.45) is 17.0 Å². The lowest BCUT2D eigenvalue weighted by molar-refractivity contribution is -0.124. The van der Waals surface area contributed by atoms with E-state index in [1.54, 1.807) is 6.07 Å². The second-order valence-electron chi connectivity index (χ2n) is 10.4. The van der Waals surface area contributed by atoms with Gasteiger partial charge in [0.1, 0.15) is 5.82 Å². The summed E-state index contributed by atoms with van der Waals surface area (Å²) in [5.41, 5.74) is 5.94. The minimum Gasteiger partial charge on any atom is -0.411 e. The van der Waals surface area contributed by atoms with Crippen molar-refractivity contribution < 1.29 is 14.4 Å². The molecule has 0 unspecified atom stereocenters. The van der Waals surface area contributed by atoms with Gasteiger partial charge in [-0.2, -0.15) is 0 Å². The number of rotatable bonds is 7. The minimum atomic E-state index is -0.166. The van der Waals surface area contributed by atoms with E-state index in [-0.39, 0.29) is 23.6 Å². The molecule has 5 nitrogen and oxygen atoms in total. The predicted molar refractivity (Wildman–Crippen MR) is 144 cm³/mol. The Hall–Kier alpha value is -2.99. The van der Waals surface area contributed by atoms with Crippen LogP contribution >= 0.6 is 0 Å². The third kappa shape index (κ3) is 6.22. The highest BCUT2D eigenvalue weighted by molar-refractivity contribution is 5.97. The van der Waals surface area contributed by atoms with Gasteiger partial charge in [-0.25, -0.2) is 4.39 Å². The first-order chi connectivity index (χ1) is 17.4. The molecule has 2 aromatic carbocycles. The molecule has 1 N–H and O–H groups in total. The number of halogens is 1. The van der Waals surface area contributed by atoms with Crippen molar-refractivity contribution in [2.45, 2.75) is 52.9 Å². The maximum Gasteiger partial charge on any atom is 0.229 e. The molecule has 2 atom stereocenters. The van der Waals surface area contributed by atoms with Gasteiger partial charge in [-0.15, -0.1) is 0 Å². The molecule has 6 heteroatoms. The summed E-state index contributed by atoms with van der Waals surface area (Å²) in [5.74, 6) is 0.136. The Balaban J connectivity index is 1.42. The molecular weight excluding hydrogens is 453 g/mol. The van der Waals surface area contributed by atoms with Crippen LogP contribution in [0.15, 0.2) is 47.6 Å². The SMILES string of the molecule is Cc1cc(/C=C/CCN2CCC(=NO)CC2)cc(C)c1N1C[C@@H](Cc2ccccc2F)C[C@@H](C)C1=O. The maximum absolute atomic E-state index is 14.3. The normalized spacial score (nSPS) is 21.4. The lowest BCUT2D eigenvalue weighted by Crippen LogP contribution is -2.46. The molecule has 2 aliphatic heterocycles. The molecular formula is C30H38FN3O2. The predicted octanol–water partition coefficient (Wildman–Crippen LogP) is 6.00. The van der Waals surface area contributed by atoms with Gasteiger partial charge in [0.05, 0.1) is 5.71 Å². The van der Waals surface area contributed by atoms with E-state index in [4.69, 9.17) is 5.21 Å². The molecule has 1 amide bonds. The Labute approximate surface area is 214 Å². The number of likely N-dealkylation sites (tertiary alicyclic amines) is 1. The van der Waals surface area contributed by atoms with Crippen LogP contribution in [0, 0.1) is 31.5 Å². The van der Waals surface area contributed by atoms with Crippen molar-refractivity contribution >= 4 is 23.4 Å². The van der Waals surface area contributed by atoms with E-state index in [1.807, 2.05) is 24.0 Å². The molecule has 0 radical (unpaired) electrons. The van der Waals surface area contributed by atoms with Gasteiger partial charge in [-0.3, -0.25) is 4.79 Å². The number of piperidine rings is 2. The highest BCUT2D eigenvalue weighted by Crippen LogP contribution is 2.34. The first-order valence-corrected chi connectivity index (χ1v) is 13.1. The second-order valence-corrected chi connectivity index (χ2v) is 10.4. The average Bonchev–Trinajstić information content (AvgIpc) is 2.86. The van der Waals surface area contributed by atoms with E-state index in [0.717, 1.165) is 79.0 Å². The molecule has 2 aromatic rings. The van der Waals surface area contributed by atoms with Gasteiger partial charge in [0.15, 0.2) is 0 Å². The summed E-state index contributed by atoms with van der Waals surface area (Å²) >= 11 is 0. The number of carbonyl (C=O) groups excluding carboxylic acids is 1. The van der Waals surface area contributed by atoms with Crippen LogP contribution in [0.2, 0.25) is 0 Å². The van der Waals surface area contributed by atoms with Crippen molar-refractivity contribution in [2.75, 3.05) is 31.1 Å². The van der Waals surface area contributed by atoms with Crippen LogP contribution in [0.1, 0.15) is 54.9 Å². The molecule has 0 aliphatic carbocycles. The fourth-order valence-corrected chi connectivity index (χ4v) is 5.74. The van der Waals surface area contributed by atoms with E-state index in [2.05, 4.69) is 48.2 Å². The summed E-state index contributed by atoms with van der Waals surface area (Å²) in [4.78, 5) is 17.5. The molecule has 2 saturated heterocycles. The van der Waals surface area contributed by atoms with Gasteiger partial charge in [0.2, 0.25) is 5.91 Å². The number of oxime groups is 1. The summed E-state index contributed by atoms with van der Waals surface area (Å²) in [6.45, 7) is 9.64. The van der Waals surface area contributed by atoms with Crippen LogP contribution in [-0.4, -0.2) is 47.9 Å². The standard InChI is InChI=1S/C30H38FN3O2/c1-21-16-24(8-6-7-13-33-14-11-27(32-36)12-15-33)17-22(2)29(21)34-20-25(18-23(3)30(34)35)19-26-9-4-5-10-28(26)31/h4-6,8-10,16-17,23,25,36H,7,11-15,18-20H2,1-3H3/b8-6+/t23-,25-/m1/s1. The number of carbonyl (C=O) groups is 1. The Morgan fingerprint density at radius 3 is 2.50 bits per heavy atom. The summed E-state index contributed by atoms with van der Waals surface area (Å²) < 4.78 is 14.3. The third-order valence-corrected chi connectivity index (χ3v) is 7.56. The van der Waals surface area contributed by atoms with Crippen molar-refractivity contribution in [3.8, 4) is 0 Å². The van der Waals surface area contributed by atoms with E-state index < -0.39 is 0 Å². The topological polar surface area (TPSA) is 56.1 Å². The molecule has 2 fully saturated rings. The average molecular weight is 492 g/mol. The van der Waals surface area contributed by atoms with E-state index in [0.29, 0.717) is 13.0 Å². The van der Waals surface area contributed by atoms with E-state index in [1.165, 1.54) is 6.07 Å². The van der Waals surface area contributed by atoms with E-state index >= 15 is 0 Å². The summed E-state index contributed by atoms with van der Waals surface area (Å²) in [7, 11) is 0. The van der Waals surface area contributed by atoms with Crippen LogP contribution in [0.3, 0.4) is 0 Å². The van der Waals surface area contributed by atoms with Crippen LogP contribution < -0.4 is 4.90 Å². The van der Waals surface area contributed by atoms with E-state index in [9.17, 15) is 9.18 Å². The molecule has 0 spiro atoms. The van der Waals surface area contributed by atoms with Crippen LogP contribution in [0.5, 0.6) is 0 Å². The zero-order valence-corrected chi connectivity index (χ0v) is 21.7. The summed E-state index contributed by atoms with van der Waals surface area (Å²) in [5, 5.41) is 12.2. The zero-order chi connectivity index (χ0) is 25.7. The molecule has 192 valence electrons. The largest absolute Gasteiger partial charge is 0.411 e. The van der Waals surface area contributed by atoms with Crippen molar-refractivity contribution in [3.05, 3.63) is 70.5 Å². The Bertz CT molecular complexity index is 1110.